The summed E-state index contributed by atoms with van der Waals surface area (Å²) in [5.41, 5.74) is -0.0634. The van der Waals surface area contributed by atoms with Crippen LogP contribution in [0.1, 0.15) is 19.8 Å². The monoisotopic (exact) mass is 270 g/mol. The Hall–Kier alpha value is -0.610. The summed E-state index contributed by atoms with van der Waals surface area (Å²) < 4.78 is 6.90. The number of halogens is 1. The highest BCUT2D eigenvalue weighted by atomic mass is 79.9. The summed E-state index contributed by atoms with van der Waals surface area (Å²) in [7, 11) is 0. The molecule has 0 spiro atoms. The minimum Gasteiger partial charge on any atom is -0.471 e. The molecule has 0 saturated carbocycles. The molecule has 2 heterocycles. The number of nitrogens with zero attached hydrogens (tertiary/aromatic N) is 1. The van der Waals surface area contributed by atoms with Crippen molar-refractivity contribution in [3.63, 3.8) is 0 Å². The van der Waals surface area contributed by atoms with Crippen molar-refractivity contribution in [2.45, 2.75) is 25.4 Å². The Balaban J connectivity index is 2.03. The summed E-state index contributed by atoms with van der Waals surface area (Å²) in [5, 5.41) is 3.33. The van der Waals surface area contributed by atoms with Gasteiger partial charge >= 0.3 is 0 Å². The van der Waals surface area contributed by atoms with Gasteiger partial charge in [-0.3, -0.25) is 0 Å². The molecule has 2 rings (SSSR count). The second-order valence-corrected chi connectivity index (χ2v) is 5.03. The van der Waals surface area contributed by atoms with Crippen LogP contribution in [0.15, 0.2) is 22.8 Å². The number of pyridine rings is 1. The van der Waals surface area contributed by atoms with Crippen LogP contribution >= 0.6 is 15.9 Å². The smallest absolute Gasteiger partial charge is 0.213 e. The van der Waals surface area contributed by atoms with Gasteiger partial charge in [0, 0.05) is 16.7 Å². The van der Waals surface area contributed by atoms with Crippen molar-refractivity contribution in [3.8, 4) is 5.88 Å². The van der Waals surface area contributed by atoms with Gasteiger partial charge in [-0.25, -0.2) is 4.98 Å². The van der Waals surface area contributed by atoms with Crippen molar-refractivity contribution in [2.75, 3.05) is 13.1 Å². The van der Waals surface area contributed by atoms with E-state index in [1.807, 2.05) is 12.1 Å². The molecular formula is C11H15BrN2O. The Morgan fingerprint density at radius 1 is 1.40 bits per heavy atom. The van der Waals surface area contributed by atoms with E-state index in [9.17, 15) is 0 Å². The lowest BCUT2D eigenvalue weighted by Crippen LogP contribution is -2.43. The van der Waals surface area contributed by atoms with Gasteiger partial charge in [-0.2, -0.15) is 0 Å². The van der Waals surface area contributed by atoms with Crippen molar-refractivity contribution in [2.24, 2.45) is 0 Å². The van der Waals surface area contributed by atoms with Crippen molar-refractivity contribution >= 4 is 15.9 Å². The molecule has 0 unspecified atom stereocenters. The fourth-order valence-corrected chi connectivity index (χ4v) is 1.97. The van der Waals surface area contributed by atoms with Crippen molar-refractivity contribution in [1.82, 2.24) is 10.3 Å². The lowest BCUT2D eigenvalue weighted by atomic mass is 9.95. The van der Waals surface area contributed by atoms with E-state index in [4.69, 9.17) is 4.74 Å². The largest absolute Gasteiger partial charge is 0.471 e. The van der Waals surface area contributed by atoms with Gasteiger partial charge in [0.1, 0.15) is 5.60 Å². The van der Waals surface area contributed by atoms with Gasteiger partial charge < -0.3 is 10.1 Å². The van der Waals surface area contributed by atoms with Crippen LogP contribution in [0.3, 0.4) is 0 Å². The van der Waals surface area contributed by atoms with E-state index >= 15 is 0 Å². The number of hydrogen-bond acceptors (Lipinski definition) is 3. The topological polar surface area (TPSA) is 34.1 Å². The molecule has 1 N–H and O–H groups in total. The molecule has 4 heteroatoms. The third-order valence-corrected chi connectivity index (χ3v) is 3.18. The fourth-order valence-electron chi connectivity index (χ4n) is 1.73. The summed E-state index contributed by atoms with van der Waals surface area (Å²) in [6, 6.07) is 3.85. The maximum absolute atomic E-state index is 5.93. The fraction of sp³-hybridized carbons (Fsp3) is 0.545. The van der Waals surface area contributed by atoms with Crippen LogP contribution < -0.4 is 10.1 Å². The highest BCUT2D eigenvalue weighted by Gasteiger charge is 2.28. The summed E-state index contributed by atoms with van der Waals surface area (Å²) in [6.07, 6.45) is 3.83. The highest BCUT2D eigenvalue weighted by molar-refractivity contribution is 9.10. The molecule has 0 aromatic carbocycles. The van der Waals surface area contributed by atoms with E-state index < -0.39 is 0 Å². The Kier molecular flexibility index (Phi) is 3.26. The molecule has 1 aromatic heterocycles. The van der Waals surface area contributed by atoms with Gasteiger partial charge in [-0.05, 0) is 54.9 Å². The minimum atomic E-state index is -0.0634. The first-order valence-electron chi connectivity index (χ1n) is 5.19. The van der Waals surface area contributed by atoms with Crippen LogP contribution in [-0.2, 0) is 0 Å². The van der Waals surface area contributed by atoms with E-state index in [1.54, 1.807) is 6.20 Å². The lowest BCUT2D eigenvalue weighted by molar-refractivity contribution is 0.0508. The zero-order chi connectivity index (χ0) is 10.7. The quantitative estimate of drug-likeness (QED) is 0.896. The Morgan fingerprint density at radius 2 is 2.13 bits per heavy atom. The second kappa shape index (κ2) is 4.49. The summed E-state index contributed by atoms with van der Waals surface area (Å²) >= 11 is 3.36. The van der Waals surface area contributed by atoms with Crippen molar-refractivity contribution in [3.05, 3.63) is 22.8 Å². The minimum absolute atomic E-state index is 0.0634. The van der Waals surface area contributed by atoms with E-state index in [1.165, 1.54) is 0 Å². The first-order chi connectivity index (χ1) is 7.18. The third-order valence-electron chi connectivity index (χ3n) is 2.71. The van der Waals surface area contributed by atoms with Crippen LogP contribution in [0.5, 0.6) is 5.88 Å². The Labute approximate surface area is 98.4 Å². The molecule has 0 bridgehead atoms. The van der Waals surface area contributed by atoms with E-state index in [0.717, 1.165) is 30.4 Å². The van der Waals surface area contributed by atoms with E-state index in [-0.39, 0.29) is 5.60 Å². The summed E-state index contributed by atoms with van der Waals surface area (Å²) in [4.78, 5) is 4.23. The molecule has 1 aromatic rings. The number of aromatic nitrogens is 1. The number of nitrogens with one attached hydrogen (secondary N) is 1. The van der Waals surface area contributed by atoms with Gasteiger partial charge in [0.2, 0.25) is 5.88 Å². The van der Waals surface area contributed by atoms with Crippen LogP contribution in [0.2, 0.25) is 0 Å². The maximum atomic E-state index is 5.93. The Morgan fingerprint density at radius 3 is 2.73 bits per heavy atom. The molecule has 0 aliphatic carbocycles. The Bertz CT molecular complexity index is 320. The second-order valence-electron chi connectivity index (χ2n) is 4.12. The van der Waals surface area contributed by atoms with Crippen LogP contribution in [-0.4, -0.2) is 23.7 Å². The zero-order valence-corrected chi connectivity index (χ0v) is 10.4. The average molecular weight is 271 g/mol. The number of ether oxygens (including phenoxy) is 1. The first kappa shape index (κ1) is 10.9. The summed E-state index contributed by atoms with van der Waals surface area (Å²) in [6.45, 7) is 4.19. The van der Waals surface area contributed by atoms with Crippen molar-refractivity contribution in [1.29, 1.82) is 0 Å². The van der Waals surface area contributed by atoms with Gasteiger partial charge in [-0.1, -0.05) is 0 Å². The van der Waals surface area contributed by atoms with Crippen molar-refractivity contribution < 1.29 is 4.74 Å². The van der Waals surface area contributed by atoms with Gasteiger partial charge in [-0.15, -0.1) is 0 Å². The average Bonchev–Trinajstić information content (AvgIpc) is 2.22. The van der Waals surface area contributed by atoms with Gasteiger partial charge in [0.25, 0.3) is 0 Å². The summed E-state index contributed by atoms with van der Waals surface area (Å²) in [5.74, 6) is 0.711. The van der Waals surface area contributed by atoms with Crippen LogP contribution in [0.4, 0.5) is 0 Å². The SMILES string of the molecule is CC1(Oc2ccc(Br)cn2)CCNCC1. The standard InChI is InChI=1S/C11H15BrN2O/c1-11(4-6-13-7-5-11)15-10-3-2-9(12)8-14-10/h2-3,8,13H,4-7H2,1H3. The zero-order valence-electron chi connectivity index (χ0n) is 8.79. The number of rotatable bonds is 2. The van der Waals surface area contributed by atoms with Gasteiger partial charge in [0.05, 0.1) is 0 Å². The van der Waals surface area contributed by atoms with E-state index in [0.29, 0.717) is 5.88 Å². The highest BCUT2D eigenvalue weighted by Crippen LogP contribution is 2.25. The molecule has 82 valence electrons. The number of hydrogen-bond donors (Lipinski definition) is 1. The molecule has 1 saturated heterocycles. The maximum Gasteiger partial charge on any atom is 0.213 e. The molecule has 1 fully saturated rings. The lowest BCUT2D eigenvalue weighted by Gasteiger charge is -2.34. The molecule has 1 aliphatic rings. The van der Waals surface area contributed by atoms with Crippen LogP contribution in [0.25, 0.3) is 0 Å². The normalized spacial score (nSPS) is 19.9. The molecule has 0 atom stereocenters. The predicted octanol–water partition coefficient (Wildman–Crippen LogP) is 2.37. The molecule has 0 amide bonds. The van der Waals surface area contributed by atoms with E-state index in [2.05, 4.69) is 33.2 Å². The molecular weight excluding hydrogens is 256 g/mol. The molecule has 3 nitrogen and oxygen atoms in total. The third kappa shape index (κ3) is 2.92. The van der Waals surface area contributed by atoms with Crippen LogP contribution in [0, 0.1) is 0 Å². The predicted molar refractivity (Wildman–Crippen MR) is 63.1 cm³/mol. The van der Waals surface area contributed by atoms with Gasteiger partial charge in [0.15, 0.2) is 0 Å². The number of piperidine rings is 1. The molecule has 15 heavy (non-hydrogen) atoms. The first-order valence-corrected chi connectivity index (χ1v) is 5.99. The molecule has 0 radical (unpaired) electrons. The molecule has 1 aliphatic heterocycles.